The number of rotatable bonds is 0. The molecular formula is C13H16FNO. The molecule has 3 rings (SSSR count). The van der Waals surface area contributed by atoms with Crippen LogP contribution in [-0.2, 0) is 6.42 Å². The van der Waals surface area contributed by atoms with Crippen LogP contribution in [0.4, 0.5) is 4.39 Å². The van der Waals surface area contributed by atoms with Crippen molar-refractivity contribution in [1.29, 1.82) is 0 Å². The maximum atomic E-state index is 13.7. The van der Waals surface area contributed by atoms with E-state index in [1.54, 1.807) is 6.07 Å². The Labute approximate surface area is 94.8 Å². The molecule has 0 aromatic heterocycles. The highest BCUT2D eigenvalue weighted by molar-refractivity contribution is 5.37. The van der Waals surface area contributed by atoms with Crippen LogP contribution in [0.5, 0.6) is 5.75 Å². The Bertz CT molecular complexity index is 399. The number of halogens is 1. The summed E-state index contributed by atoms with van der Waals surface area (Å²) in [5.74, 6) is 0.624. The predicted octanol–water partition coefficient (Wildman–Crippen LogP) is 2.13. The summed E-state index contributed by atoms with van der Waals surface area (Å²) in [5, 5.41) is 3.35. The number of fused-ring (bicyclic) bond motifs is 1. The first-order valence-electron chi connectivity index (χ1n) is 5.90. The van der Waals surface area contributed by atoms with Crippen LogP contribution in [-0.4, -0.2) is 19.7 Å². The van der Waals surface area contributed by atoms with Crippen molar-refractivity contribution >= 4 is 0 Å². The van der Waals surface area contributed by atoms with Crippen LogP contribution >= 0.6 is 0 Å². The average molecular weight is 221 g/mol. The van der Waals surface area contributed by atoms with Crippen molar-refractivity contribution in [2.45, 2.75) is 19.3 Å². The molecule has 1 fully saturated rings. The lowest BCUT2D eigenvalue weighted by Crippen LogP contribution is -2.44. The van der Waals surface area contributed by atoms with Crippen LogP contribution in [0.3, 0.4) is 0 Å². The van der Waals surface area contributed by atoms with Gasteiger partial charge in [0.25, 0.3) is 0 Å². The molecule has 1 N–H and O–H groups in total. The lowest BCUT2D eigenvalue weighted by molar-refractivity contribution is 0.0830. The van der Waals surface area contributed by atoms with Gasteiger partial charge in [0.1, 0.15) is 11.6 Å². The molecule has 0 radical (unpaired) electrons. The highest BCUT2D eigenvalue weighted by Crippen LogP contribution is 2.41. The molecule has 1 saturated heterocycles. The van der Waals surface area contributed by atoms with Crippen molar-refractivity contribution in [1.82, 2.24) is 5.32 Å². The molecule has 1 aromatic carbocycles. The molecule has 86 valence electrons. The predicted molar refractivity (Wildman–Crippen MR) is 60.1 cm³/mol. The van der Waals surface area contributed by atoms with E-state index in [1.165, 1.54) is 6.07 Å². The summed E-state index contributed by atoms with van der Waals surface area (Å²) in [6.07, 6.45) is 3.00. The molecule has 0 atom stereocenters. The van der Waals surface area contributed by atoms with Crippen molar-refractivity contribution in [3.8, 4) is 5.75 Å². The fourth-order valence-electron chi connectivity index (χ4n) is 2.78. The van der Waals surface area contributed by atoms with Crippen molar-refractivity contribution in [3.63, 3.8) is 0 Å². The van der Waals surface area contributed by atoms with E-state index in [9.17, 15) is 4.39 Å². The van der Waals surface area contributed by atoms with Gasteiger partial charge >= 0.3 is 0 Å². The van der Waals surface area contributed by atoms with Gasteiger partial charge in [0.2, 0.25) is 0 Å². The summed E-state index contributed by atoms with van der Waals surface area (Å²) in [7, 11) is 0. The molecule has 16 heavy (non-hydrogen) atoms. The topological polar surface area (TPSA) is 21.3 Å². The van der Waals surface area contributed by atoms with Gasteiger partial charge in [-0.1, -0.05) is 6.07 Å². The third-order valence-electron chi connectivity index (χ3n) is 3.83. The van der Waals surface area contributed by atoms with E-state index in [-0.39, 0.29) is 11.2 Å². The molecule has 2 heterocycles. The summed E-state index contributed by atoms with van der Waals surface area (Å²) in [6.45, 7) is 2.78. The minimum absolute atomic E-state index is 0.116. The Morgan fingerprint density at radius 1 is 1.25 bits per heavy atom. The summed E-state index contributed by atoms with van der Waals surface area (Å²) in [4.78, 5) is 0. The summed E-state index contributed by atoms with van der Waals surface area (Å²) >= 11 is 0. The fourth-order valence-corrected chi connectivity index (χ4v) is 2.78. The van der Waals surface area contributed by atoms with E-state index in [2.05, 4.69) is 5.32 Å². The van der Waals surface area contributed by atoms with Crippen molar-refractivity contribution in [2.24, 2.45) is 5.41 Å². The van der Waals surface area contributed by atoms with Gasteiger partial charge in [-0.05, 0) is 44.5 Å². The van der Waals surface area contributed by atoms with E-state index in [4.69, 9.17) is 4.74 Å². The first kappa shape index (κ1) is 10.1. The minimum Gasteiger partial charge on any atom is -0.493 e. The second-order valence-corrected chi connectivity index (χ2v) is 4.93. The van der Waals surface area contributed by atoms with Crippen molar-refractivity contribution < 1.29 is 9.13 Å². The largest absolute Gasteiger partial charge is 0.493 e. The van der Waals surface area contributed by atoms with Crippen LogP contribution < -0.4 is 10.1 Å². The first-order valence-corrected chi connectivity index (χ1v) is 5.90. The number of piperidine rings is 1. The number of nitrogens with one attached hydrogen (secondary N) is 1. The van der Waals surface area contributed by atoms with E-state index in [0.717, 1.165) is 50.3 Å². The zero-order valence-electron chi connectivity index (χ0n) is 9.26. The molecule has 0 amide bonds. The zero-order chi connectivity index (χ0) is 11.0. The molecule has 2 aliphatic rings. The molecule has 0 bridgehead atoms. The maximum Gasteiger partial charge on any atom is 0.130 e. The molecule has 0 saturated carbocycles. The smallest absolute Gasteiger partial charge is 0.130 e. The highest BCUT2D eigenvalue weighted by Gasteiger charge is 2.37. The standard InChI is InChI=1S/C13H16FNO/c14-11-2-1-3-12-10(11)8-13(9-16-12)4-6-15-7-5-13/h1-3,15H,4-9H2. The van der Waals surface area contributed by atoms with Crippen LogP contribution in [0.1, 0.15) is 18.4 Å². The molecule has 3 heteroatoms. The van der Waals surface area contributed by atoms with Crippen LogP contribution in [0.25, 0.3) is 0 Å². The van der Waals surface area contributed by atoms with Crippen LogP contribution in [0.2, 0.25) is 0 Å². The number of hydrogen-bond acceptors (Lipinski definition) is 2. The van der Waals surface area contributed by atoms with Crippen molar-refractivity contribution in [3.05, 3.63) is 29.6 Å². The third-order valence-corrected chi connectivity index (χ3v) is 3.83. The van der Waals surface area contributed by atoms with Gasteiger partial charge in [0.15, 0.2) is 0 Å². The zero-order valence-corrected chi connectivity index (χ0v) is 9.26. The Hall–Kier alpha value is -1.09. The van der Waals surface area contributed by atoms with Gasteiger partial charge in [-0.3, -0.25) is 0 Å². The molecule has 2 nitrogen and oxygen atoms in total. The normalized spacial score (nSPS) is 22.6. The summed E-state index contributed by atoms with van der Waals surface area (Å²) in [5.41, 5.74) is 0.941. The van der Waals surface area contributed by atoms with Gasteiger partial charge in [0.05, 0.1) is 6.61 Å². The number of benzene rings is 1. The Balaban J connectivity index is 1.92. The lowest BCUT2D eigenvalue weighted by Gasteiger charge is -2.41. The summed E-state index contributed by atoms with van der Waals surface area (Å²) in [6, 6.07) is 5.11. The number of ether oxygens (including phenoxy) is 1. The van der Waals surface area contributed by atoms with Crippen LogP contribution in [0, 0.1) is 11.2 Å². The number of hydrogen-bond donors (Lipinski definition) is 1. The van der Waals surface area contributed by atoms with Gasteiger partial charge in [-0.25, -0.2) is 4.39 Å². The highest BCUT2D eigenvalue weighted by atomic mass is 19.1. The first-order chi connectivity index (χ1) is 7.79. The summed E-state index contributed by atoms with van der Waals surface area (Å²) < 4.78 is 19.4. The third kappa shape index (κ3) is 1.59. The Kier molecular flexibility index (Phi) is 2.36. The van der Waals surface area contributed by atoms with Crippen LogP contribution in [0.15, 0.2) is 18.2 Å². The molecule has 0 aliphatic carbocycles. The second kappa shape index (κ2) is 3.74. The molecule has 1 spiro atoms. The SMILES string of the molecule is Fc1cccc2c1CC1(CCNCC1)CO2. The molecular weight excluding hydrogens is 205 g/mol. The van der Waals surface area contributed by atoms with Gasteiger partial charge in [0, 0.05) is 11.0 Å². The second-order valence-electron chi connectivity index (χ2n) is 4.93. The quantitative estimate of drug-likeness (QED) is 0.724. The Morgan fingerprint density at radius 2 is 2.06 bits per heavy atom. The lowest BCUT2D eigenvalue weighted by atomic mass is 9.73. The van der Waals surface area contributed by atoms with Gasteiger partial charge < -0.3 is 10.1 Å². The van der Waals surface area contributed by atoms with E-state index in [1.807, 2.05) is 6.07 Å². The molecule has 1 aromatic rings. The molecule has 0 unspecified atom stereocenters. The van der Waals surface area contributed by atoms with Crippen molar-refractivity contribution in [2.75, 3.05) is 19.7 Å². The van der Waals surface area contributed by atoms with E-state index < -0.39 is 0 Å². The molecule has 2 aliphatic heterocycles. The fraction of sp³-hybridized carbons (Fsp3) is 0.538. The van der Waals surface area contributed by atoms with E-state index in [0.29, 0.717) is 0 Å². The Morgan fingerprint density at radius 3 is 2.88 bits per heavy atom. The van der Waals surface area contributed by atoms with Gasteiger partial charge in [-0.2, -0.15) is 0 Å². The minimum atomic E-state index is -0.116. The maximum absolute atomic E-state index is 13.7. The monoisotopic (exact) mass is 221 g/mol. The van der Waals surface area contributed by atoms with E-state index >= 15 is 0 Å². The average Bonchev–Trinajstić information content (AvgIpc) is 2.32. The van der Waals surface area contributed by atoms with Gasteiger partial charge in [-0.15, -0.1) is 0 Å².